The zero-order valence-electron chi connectivity index (χ0n) is 21.0. The van der Waals surface area contributed by atoms with Crippen molar-refractivity contribution in [1.29, 1.82) is 0 Å². The second-order valence-electron chi connectivity index (χ2n) is 8.92. The Morgan fingerprint density at radius 3 is 1.64 bits per heavy atom. The van der Waals surface area contributed by atoms with Crippen molar-refractivity contribution in [1.82, 2.24) is 0 Å². The van der Waals surface area contributed by atoms with Gasteiger partial charge in [0.15, 0.2) is 0 Å². The van der Waals surface area contributed by atoms with E-state index in [1.807, 2.05) is 0 Å². The summed E-state index contributed by atoms with van der Waals surface area (Å²) in [5.74, 6) is -0.532. The Morgan fingerprint density at radius 1 is 0.795 bits per heavy atom. The van der Waals surface area contributed by atoms with Crippen molar-refractivity contribution < 1.29 is 57.2 Å². The zero-order valence-corrected chi connectivity index (χ0v) is 21.8. The fourth-order valence-corrected chi connectivity index (χ4v) is 4.68. The first-order chi connectivity index (χ1) is 17.6. The van der Waals surface area contributed by atoms with Crippen LogP contribution >= 0.6 is 0 Å². The molecule has 0 aliphatic rings. The van der Waals surface area contributed by atoms with Gasteiger partial charge in [-0.05, 0) is 66.6 Å². The lowest BCUT2D eigenvalue weighted by Gasteiger charge is -2.34. The summed E-state index contributed by atoms with van der Waals surface area (Å²) in [5.41, 5.74) is -9.98. The van der Waals surface area contributed by atoms with Crippen LogP contribution in [0.5, 0.6) is 5.75 Å². The van der Waals surface area contributed by atoms with Crippen LogP contribution in [0.25, 0.3) is 6.08 Å². The normalized spacial score (nSPS) is 14.2. The highest BCUT2D eigenvalue weighted by Gasteiger charge is 2.69. The van der Waals surface area contributed by atoms with Crippen LogP contribution in [-0.2, 0) is 15.5 Å². The maximum absolute atomic E-state index is 13.0. The molecular weight excluding hydrogens is 567 g/mol. The molecule has 2 aromatic carbocycles. The Hall–Kier alpha value is -2.74. The van der Waals surface area contributed by atoms with E-state index in [1.165, 1.54) is 38.1 Å². The first kappa shape index (κ1) is 32.5. The van der Waals surface area contributed by atoms with Gasteiger partial charge in [0.25, 0.3) is 5.60 Å². The van der Waals surface area contributed by atoms with Gasteiger partial charge in [0.05, 0.1) is 0 Å². The number of alkyl halides is 9. The third kappa shape index (κ3) is 6.21. The van der Waals surface area contributed by atoms with Gasteiger partial charge in [-0.1, -0.05) is 50.3 Å². The van der Waals surface area contributed by atoms with Crippen LogP contribution in [0.2, 0.25) is 0 Å². The predicted molar refractivity (Wildman–Crippen MR) is 125 cm³/mol. The number of aryl methyl sites for hydroxylation is 2. The van der Waals surface area contributed by atoms with E-state index in [9.17, 15) is 53.0 Å². The lowest BCUT2D eigenvalue weighted by atomic mass is 9.70. The van der Waals surface area contributed by atoms with Crippen LogP contribution in [0.3, 0.4) is 0 Å². The fourth-order valence-electron chi connectivity index (χ4n) is 4.16. The summed E-state index contributed by atoms with van der Waals surface area (Å²) < 4.78 is 143. The molecule has 4 nitrogen and oxygen atoms in total. The molecule has 0 spiro atoms. The lowest BCUT2D eigenvalue weighted by Crippen LogP contribution is -2.55. The Balaban J connectivity index is 2.54. The van der Waals surface area contributed by atoms with Gasteiger partial charge in [0.1, 0.15) is 5.75 Å². The predicted octanol–water partition coefficient (Wildman–Crippen LogP) is 7.51. The molecular formula is C25H25F9O4S. The van der Waals surface area contributed by atoms with Gasteiger partial charge in [-0.3, -0.25) is 0 Å². The molecule has 1 N–H and O–H groups in total. The van der Waals surface area contributed by atoms with Crippen molar-refractivity contribution in [2.24, 2.45) is 0 Å². The molecule has 0 radical (unpaired) electrons. The van der Waals surface area contributed by atoms with Crippen molar-refractivity contribution in [2.45, 2.75) is 69.4 Å². The standard InChI is InChI=1S/C25H25F9O4S/c1-5-21(6-2,19-9-10-20(16(4)14-19)38-39(36,37)25(32,33)34)18-8-7-17(15(3)13-18)11-12-22(35,23(26,27)28)24(29,30)31/h7-14,35H,5-6H2,1-4H3. The van der Waals surface area contributed by atoms with E-state index in [0.29, 0.717) is 30.0 Å². The third-order valence-electron chi connectivity index (χ3n) is 6.61. The van der Waals surface area contributed by atoms with Crippen LogP contribution < -0.4 is 4.18 Å². The average Bonchev–Trinajstić information content (AvgIpc) is 2.78. The van der Waals surface area contributed by atoms with E-state index in [4.69, 9.17) is 0 Å². The maximum Gasteiger partial charge on any atom is 0.534 e. The van der Waals surface area contributed by atoms with Gasteiger partial charge < -0.3 is 9.29 Å². The van der Waals surface area contributed by atoms with Crippen molar-refractivity contribution in [3.05, 3.63) is 70.3 Å². The molecule has 0 unspecified atom stereocenters. The average molecular weight is 593 g/mol. The summed E-state index contributed by atoms with van der Waals surface area (Å²) in [6, 6.07) is 8.22. The second kappa shape index (κ2) is 10.7. The molecule has 2 aromatic rings. The highest BCUT2D eigenvalue weighted by atomic mass is 32.2. The van der Waals surface area contributed by atoms with Gasteiger partial charge in [-0.2, -0.15) is 47.9 Å². The lowest BCUT2D eigenvalue weighted by molar-refractivity contribution is -0.347. The summed E-state index contributed by atoms with van der Waals surface area (Å²) in [4.78, 5) is 0. The van der Waals surface area contributed by atoms with Crippen LogP contribution in [0.15, 0.2) is 42.5 Å². The first-order valence-corrected chi connectivity index (χ1v) is 12.7. The van der Waals surface area contributed by atoms with E-state index in [2.05, 4.69) is 4.18 Å². The zero-order chi connectivity index (χ0) is 30.2. The fraction of sp³-hybridized carbons (Fsp3) is 0.440. The number of rotatable bonds is 8. The Bertz CT molecular complexity index is 1310. The minimum atomic E-state index is -6.01. The quantitative estimate of drug-likeness (QED) is 0.196. The molecule has 0 aliphatic heterocycles. The van der Waals surface area contributed by atoms with Crippen LogP contribution in [0, 0.1) is 13.8 Å². The summed E-state index contributed by atoms with van der Waals surface area (Å²) in [5, 5.41) is 9.36. The molecule has 218 valence electrons. The number of halogens is 9. The Kier molecular flexibility index (Phi) is 8.89. The van der Waals surface area contributed by atoms with Gasteiger partial charge >= 0.3 is 28.0 Å². The molecule has 0 amide bonds. The van der Waals surface area contributed by atoms with Crippen molar-refractivity contribution in [2.75, 3.05) is 0 Å². The summed E-state index contributed by atoms with van der Waals surface area (Å²) >= 11 is 0. The van der Waals surface area contributed by atoms with E-state index in [-0.39, 0.29) is 22.8 Å². The largest absolute Gasteiger partial charge is 0.534 e. The smallest absolute Gasteiger partial charge is 0.376 e. The van der Waals surface area contributed by atoms with Gasteiger partial charge in [0, 0.05) is 5.41 Å². The van der Waals surface area contributed by atoms with Crippen molar-refractivity contribution >= 4 is 16.2 Å². The van der Waals surface area contributed by atoms with Crippen LogP contribution in [0.1, 0.15) is 54.5 Å². The SMILES string of the molecule is CCC(CC)(c1ccc(C=CC(O)(C(F)(F)F)C(F)(F)F)c(C)c1)c1ccc(OS(=O)(=O)C(F)(F)F)c(C)c1. The molecule has 0 atom stereocenters. The van der Waals surface area contributed by atoms with E-state index in [1.54, 1.807) is 19.9 Å². The molecule has 0 heterocycles. The topological polar surface area (TPSA) is 63.6 Å². The molecule has 14 heteroatoms. The van der Waals surface area contributed by atoms with E-state index < -0.39 is 44.7 Å². The molecule has 0 aliphatic carbocycles. The van der Waals surface area contributed by atoms with Crippen molar-refractivity contribution in [3.8, 4) is 5.75 Å². The molecule has 0 aromatic heterocycles. The van der Waals surface area contributed by atoms with E-state index in [0.717, 1.165) is 6.07 Å². The number of hydrogen-bond acceptors (Lipinski definition) is 4. The van der Waals surface area contributed by atoms with Crippen molar-refractivity contribution in [3.63, 3.8) is 0 Å². The molecule has 39 heavy (non-hydrogen) atoms. The minimum absolute atomic E-state index is 0.0240. The molecule has 0 saturated heterocycles. The third-order valence-corrected chi connectivity index (χ3v) is 7.57. The molecule has 0 bridgehead atoms. The summed E-state index contributed by atoms with van der Waals surface area (Å²) in [6.07, 6.45) is -11.0. The molecule has 0 saturated carbocycles. The van der Waals surface area contributed by atoms with Crippen LogP contribution in [-0.4, -0.2) is 37.0 Å². The number of benzene rings is 2. The highest BCUT2D eigenvalue weighted by Crippen LogP contribution is 2.45. The Morgan fingerprint density at radius 2 is 1.26 bits per heavy atom. The Labute approximate surface area is 219 Å². The van der Waals surface area contributed by atoms with Gasteiger partial charge in [-0.25, -0.2) is 0 Å². The van der Waals surface area contributed by atoms with Gasteiger partial charge in [0.2, 0.25) is 0 Å². The van der Waals surface area contributed by atoms with E-state index >= 15 is 0 Å². The monoisotopic (exact) mass is 592 g/mol. The molecule has 2 rings (SSSR count). The van der Waals surface area contributed by atoms with Gasteiger partial charge in [-0.15, -0.1) is 0 Å². The first-order valence-electron chi connectivity index (χ1n) is 11.3. The number of hydrogen-bond donors (Lipinski definition) is 1. The maximum atomic E-state index is 13.0. The van der Waals surface area contributed by atoms with Crippen LogP contribution in [0.4, 0.5) is 39.5 Å². The molecule has 0 fully saturated rings. The summed E-state index contributed by atoms with van der Waals surface area (Å²) in [6.45, 7) is 6.40. The second-order valence-corrected chi connectivity index (χ2v) is 10.5. The minimum Gasteiger partial charge on any atom is -0.376 e. The summed E-state index contributed by atoms with van der Waals surface area (Å²) in [7, 11) is -5.89. The highest BCUT2D eigenvalue weighted by molar-refractivity contribution is 7.88. The number of aliphatic hydroxyl groups is 1.